The molecule has 0 aromatic heterocycles. The average molecular weight is 232 g/mol. The Hall–Kier alpha value is -1.51. The Morgan fingerprint density at radius 1 is 1.35 bits per heavy atom. The highest BCUT2D eigenvalue weighted by Crippen LogP contribution is 2.56. The van der Waals surface area contributed by atoms with Crippen molar-refractivity contribution in [1.29, 1.82) is 0 Å². The summed E-state index contributed by atoms with van der Waals surface area (Å²) in [6.45, 7) is 2.60. The maximum absolute atomic E-state index is 11.3. The van der Waals surface area contributed by atoms with Gasteiger partial charge in [0.05, 0.1) is 12.2 Å². The minimum Gasteiger partial charge on any atom is -0.494 e. The lowest BCUT2D eigenvalue weighted by Gasteiger charge is -2.20. The molecule has 3 heteroatoms. The molecule has 1 saturated carbocycles. The van der Waals surface area contributed by atoms with E-state index in [0.717, 1.165) is 24.2 Å². The molecule has 0 aliphatic heterocycles. The van der Waals surface area contributed by atoms with Crippen LogP contribution in [0.3, 0.4) is 0 Å². The van der Waals surface area contributed by atoms with E-state index in [4.69, 9.17) is 4.74 Å². The van der Waals surface area contributed by atoms with E-state index in [1.54, 1.807) is 6.07 Å². The lowest BCUT2D eigenvalue weighted by atomic mass is 9.87. The minimum absolute atomic E-state index is 0.446. The van der Waals surface area contributed by atoms with Crippen molar-refractivity contribution in [3.05, 3.63) is 28.8 Å². The fourth-order valence-corrected chi connectivity index (χ4v) is 3.45. The zero-order valence-electron chi connectivity index (χ0n) is 9.90. The molecule has 3 rings (SSSR count). The number of carbonyl (C=O) groups is 1. The molecule has 2 unspecified atom stereocenters. The number of fused-ring (bicyclic) bond motifs is 5. The Kier molecular flexibility index (Phi) is 2.35. The maximum Gasteiger partial charge on any atom is 0.335 e. The average Bonchev–Trinajstić information content (AvgIpc) is 2.90. The SMILES string of the molecule is CCOc1ccc(C(=O)O)c2c1C1CCC2C1. The number of carboxylic acid groups (broad SMARTS) is 1. The molecule has 1 aromatic rings. The number of ether oxygens (including phenoxy) is 1. The molecule has 2 atom stereocenters. The van der Waals surface area contributed by atoms with Gasteiger partial charge in [0.1, 0.15) is 5.75 Å². The molecule has 2 aliphatic rings. The summed E-state index contributed by atoms with van der Waals surface area (Å²) in [5.74, 6) is 1.06. The summed E-state index contributed by atoms with van der Waals surface area (Å²) in [6, 6.07) is 3.53. The molecular formula is C14H16O3. The van der Waals surface area contributed by atoms with Gasteiger partial charge >= 0.3 is 5.97 Å². The van der Waals surface area contributed by atoms with Crippen molar-refractivity contribution in [3.8, 4) is 5.75 Å². The third-order valence-electron chi connectivity index (χ3n) is 4.03. The molecule has 1 N–H and O–H groups in total. The first-order valence-corrected chi connectivity index (χ1v) is 6.25. The van der Waals surface area contributed by atoms with Gasteiger partial charge in [-0.3, -0.25) is 0 Å². The third-order valence-corrected chi connectivity index (χ3v) is 4.03. The van der Waals surface area contributed by atoms with Crippen molar-refractivity contribution < 1.29 is 14.6 Å². The van der Waals surface area contributed by atoms with E-state index in [1.165, 1.54) is 12.0 Å². The van der Waals surface area contributed by atoms with Crippen LogP contribution < -0.4 is 4.74 Å². The van der Waals surface area contributed by atoms with Crippen LogP contribution in [0.4, 0.5) is 0 Å². The van der Waals surface area contributed by atoms with E-state index >= 15 is 0 Å². The van der Waals surface area contributed by atoms with Crippen molar-refractivity contribution in [1.82, 2.24) is 0 Å². The first kappa shape index (κ1) is 10.6. The third kappa shape index (κ3) is 1.45. The molecule has 2 aliphatic carbocycles. The summed E-state index contributed by atoms with van der Waals surface area (Å²) in [6.07, 6.45) is 3.42. The zero-order chi connectivity index (χ0) is 12.0. The van der Waals surface area contributed by atoms with Crippen molar-refractivity contribution in [2.24, 2.45) is 0 Å². The molecule has 0 radical (unpaired) electrons. The summed E-state index contributed by atoms with van der Waals surface area (Å²) >= 11 is 0. The fourth-order valence-electron chi connectivity index (χ4n) is 3.45. The van der Waals surface area contributed by atoms with Crippen LogP contribution in [0.2, 0.25) is 0 Å². The van der Waals surface area contributed by atoms with Crippen LogP contribution in [0.5, 0.6) is 5.75 Å². The smallest absolute Gasteiger partial charge is 0.335 e. The lowest BCUT2D eigenvalue weighted by Crippen LogP contribution is -2.09. The Morgan fingerprint density at radius 2 is 2.06 bits per heavy atom. The van der Waals surface area contributed by atoms with Crippen LogP contribution in [-0.2, 0) is 0 Å². The molecule has 1 aromatic carbocycles. The van der Waals surface area contributed by atoms with Crippen molar-refractivity contribution >= 4 is 5.97 Å². The van der Waals surface area contributed by atoms with Crippen LogP contribution in [0.1, 0.15) is 59.5 Å². The molecule has 0 saturated heterocycles. The van der Waals surface area contributed by atoms with Crippen LogP contribution in [0.25, 0.3) is 0 Å². The summed E-state index contributed by atoms with van der Waals surface area (Å²) in [4.78, 5) is 11.3. The molecule has 1 fully saturated rings. The van der Waals surface area contributed by atoms with Gasteiger partial charge in [-0.05, 0) is 55.7 Å². The summed E-state index contributed by atoms with van der Waals surface area (Å²) in [7, 11) is 0. The van der Waals surface area contributed by atoms with E-state index in [1.807, 2.05) is 13.0 Å². The number of hydrogen-bond donors (Lipinski definition) is 1. The molecule has 17 heavy (non-hydrogen) atoms. The highest BCUT2D eigenvalue weighted by Gasteiger charge is 2.41. The quantitative estimate of drug-likeness (QED) is 0.870. The first-order valence-electron chi connectivity index (χ1n) is 6.25. The lowest BCUT2D eigenvalue weighted by molar-refractivity contribution is 0.0695. The van der Waals surface area contributed by atoms with E-state index in [-0.39, 0.29) is 0 Å². The predicted molar refractivity (Wildman–Crippen MR) is 63.9 cm³/mol. The van der Waals surface area contributed by atoms with E-state index in [2.05, 4.69) is 0 Å². The standard InChI is InChI=1S/C14H16O3/c1-2-17-11-6-5-10(14(15)16)12-8-3-4-9(7-8)13(11)12/h5-6,8-9H,2-4,7H2,1H3,(H,15,16). The van der Waals surface area contributed by atoms with Gasteiger partial charge in [0.2, 0.25) is 0 Å². The van der Waals surface area contributed by atoms with Gasteiger partial charge in [-0.1, -0.05) is 0 Å². The van der Waals surface area contributed by atoms with Crippen LogP contribution in [0.15, 0.2) is 12.1 Å². The molecule has 0 heterocycles. The number of benzene rings is 1. The monoisotopic (exact) mass is 232 g/mol. The second-order valence-electron chi connectivity index (χ2n) is 4.88. The summed E-state index contributed by atoms with van der Waals surface area (Å²) < 4.78 is 5.64. The van der Waals surface area contributed by atoms with Gasteiger partial charge in [0, 0.05) is 5.56 Å². The largest absolute Gasteiger partial charge is 0.494 e. The molecule has 0 amide bonds. The van der Waals surface area contributed by atoms with Gasteiger partial charge in [-0.2, -0.15) is 0 Å². The highest BCUT2D eigenvalue weighted by atomic mass is 16.5. The molecule has 90 valence electrons. The van der Waals surface area contributed by atoms with Crippen LogP contribution in [0, 0.1) is 0 Å². The number of hydrogen-bond acceptors (Lipinski definition) is 2. The van der Waals surface area contributed by atoms with Gasteiger partial charge in [0.15, 0.2) is 0 Å². The molecular weight excluding hydrogens is 216 g/mol. The first-order chi connectivity index (χ1) is 8.22. The second-order valence-corrected chi connectivity index (χ2v) is 4.88. The minimum atomic E-state index is -0.808. The number of aromatic carboxylic acids is 1. The topological polar surface area (TPSA) is 46.5 Å². The van der Waals surface area contributed by atoms with Crippen molar-refractivity contribution in [2.75, 3.05) is 6.61 Å². The second kappa shape index (κ2) is 3.76. The van der Waals surface area contributed by atoms with E-state index in [9.17, 15) is 9.90 Å². The molecule has 3 nitrogen and oxygen atoms in total. The van der Waals surface area contributed by atoms with Gasteiger partial charge < -0.3 is 9.84 Å². The van der Waals surface area contributed by atoms with Crippen molar-refractivity contribution in [3.63, 3.8) is 0 Å². The van der Waals surface area contributed by atoms with Gasteiger partial charge in [0.25, 0.3) is 0 Å². The summed E-state index contributed by atoms with van der Waals surface area (Å²) in [5.41, 5.74) is 2.72. The van der Waals surface area contributed by atoms with Crippen LogP contribution in [-0.4, -0.2) is 17.7 Å². The highest BCUT2D eigenvalue weighted by molar-refractivity contribution is 5.91. The Balaban J connectivity index is 2.17. The van der Waals surface area contributed by atoms with Gasteiger partial charge in [-0.15, -0.1) is 0 Å². The maximum atomic E-state index is 11.3. The van der Waals surface area contributed by atoms with E-state index < -0.39 is 5.97 Å². The molecule has 0 spiro atoms. The zero-order valence-corrected chi connectivity index (χ0v) is 9.90. The Bertz CT molecular complexity index is 479. The Morgan fingerprint density at radius 3 is 2.71 bits per heavy atom. The van der Waals surface area contributed by atoms with E-state index in [0.29, 0.717) is 24.0 Å². The summed E-state index contributed by atoms with van der Waals surface area (Å²) in [5, 5.41) is 9.26. The van der Waals surface area contributed by atoms with Crippen LogP contribution >= 0.6 is 0 Å². The number of carboxylic acids is 1. The van der Waals surface area contributed by atoms with Crippen molar-refractivity contribution in [2.45, 2.75) is 38.0 Å². The Labute approximate surface area is 100 Å². The fraction of sp³-hybridized carbons (Fsp3) is 0.500. The van der Waals surface area contributed by atoms with Gasteiger partial charge in [-0.25, -0.2) is 4.79 Å². The number of rotatable bonds is 3. The molecule has 2 bridgehead atoms. The predicted octanol–water partition coefficient (Wildman–Crippen LogP) is 3.15. The normalized spacial score (nSPS) is 24.8.